The van der Waals surface area contributed by atoms with E-state index in [1.807, 2.05) is 0 Å². The number of esters is 1. The number of anilines is 1. The van der Waals surface area contributed by atoms with Gasteiger partial charge in [-0.1, -0.05) is 12.1 Å². The van der Waals surface area contributed by atoms with Gasteiger partial charge in [0.25, 0.3) is 5.70 Å². The van der Waals surface area contributed by atoms with Crippen LogP contribution in [0.1, 0.15) is 19.4 Å². The van der Waals surface area contributed by atoms with Crippen LogP contribution in [0, 0.1) is 6.57 Å². The molecule has 5 nitrogen and oxygen atoms in total. The molecule has 1 aromatic rings. The molecule has 0 unspecified atom stereocenters. The molecule has 19 heavy (non-hydrogen) atoms. The molecule has 1 aromatic carbocycles. The molecule has 0 aliphatic rings. The third kappa shape index (κ3) is 4.64. The van der Waals surface area contributed by atoms with Crippen molar-refractivity contribution in [2.45, 2.75) is 13.8 Å². The van der Waals surface area contributed by atoms with Gasteiger partial charge in [0.15, 0.2) is 0 Å². The summed E-state index contributed by atoms with van der Waals surface area (Å²) in [7, 11) is 0. The van der Waals surface area contributed by atoms with Gasteiger partial charge in [0.1, 0.15) is 0 Å². The lowest BCUT2D eigenvalue weighted by molar-refractivity contribution is -0.138. The highest BCUT2D eigenvalue weighted by Crippen LogP contribution is 2.14. The van der Waals surface area contributed by atoms with Crippen LogP contribution in [0.15, 0.2) is 30.0 Å². The maximum Gasteiger partial charge on any atom is 0.336 e. The third-order valence-electron chi connectivity index (χ3n) is 2.14. The fourth-order valence-corrected chi connectivity index (χ4v) is 1.37. The van der Waals surface area contributed by atoms with Gasteiger partial charge in [0, 0.05) is 12.6 Å². The molecule has 1 rings (SSSR count). The molecule has 0 aliphatic heterocycles. The first-order chi connectivity index (χ1) is 9.06. The summed E-state index contributed by atoms with van der Waals surface area (Å²) in [6, 6.07) is 6.80. The number of benzene rings is 1. The SMILES string of the molecule is [C-]#[N+]C(=Cc1ccc(NC(C)=O)cc1)C(=O)OCC. The normalized spacial score (nSPS) is 10.5. The van der Waals surface area contributed by atoms with Crippen molar-refractivity contribution in [2.75, 3.05) is 11.9 Å². The Bertz CT molecular complexity index is 539. The van der Waals surface area contributed by atoms with Gasteiger partial charge in [-0.05, 0) is 30.7 Å². The molecule has 0 aliphatic carbocycles. The average Bonchev–Trinajstić information content (AvgIpc) is 2.37. The number of nitrogens with one attached hydrogen (secondary N) is 1. The number of nitrogens with zero attached hydrogens (tertiary/aromatic N) is 1. The highest BCUT2D eigenvalue weighted by atomic mass is 16.5. The van der Waals surface area contributed by atoms with Gasteiger partial charge in [0.05, 0.1) is 13.2 Å². The summed E-state index contributed by atoms with van der Waals surface area (Å²) in [4.78, 5) is 25.4. The van der Waals surface area contributed by atoms with Crippen molar-refractivity contribution >= 4 is 23.6 Å². The van der Waals surface area contributed by atoms with Gasteiger partial charge < -0.3 is 10.1 Å². The first-order valence-electron chi connectivity index (χ1n) is 5.70. The molecular formula is C14H14N2O3. The van der Waals surface area contributed by atoms with E-state index in [-0.39, 0.29) is 18.2 Å². The average molecular weight is 258 g/mol. The van der Waals surface area contributed by atoms with Crippen molar-refractivity contribution in [3.8, 4) is 0 Å². The van der Waals surface area contributed by atoms with Crippen molar-refractivity contribution in [2.24, 2.45) is 0 Å². The number of carbonyl (C=O) groups excluding carboxylic acids is 2. The van der Waals surface area contributed by atoms with E-state index in [0.717, 1.165) is 0 Å². The summed E-state index contributed by atoms with van der Waals surface area (Å²) in [5, 5.41) is 2.63. The van der Waals surface area contributed by atoms with Crippen LogP contribution in [0.25, 0.3) is 10.9 Å². The Morgan fingerprint density at radius 2 is 2.00 bits per heavy atom. The highest BCUT2D eigenvalue weighted by Gasteiger charge is 2.10. The molecule has 0 spiro atoms. The van der Waals surface area contributed by atoms with Crippen LogP contribution in [0.5, 0.6) is 0 Å². The quantitative estimate of drug-likeness (QED) is 0.512. The zero-order valence-electron chi connectivity index (χ0n) is 10.8. The van der Waals surface area contributed by atoms with Crippen LogP contribution < -0.4 is 5.32 Å². The number of hydrogen-bond donors (Lipinski definition) is 1. The minimum atomic E-state index is -0.636. The fraction of sp³-hybridized carbons (Fsp3) is 0.214. The summed E-state index contributed by atoms with van der Waals surface area (Å²) in [6.07, 6.45) is 1.45. The molecule has 0 aromatic heterocycles. The standard InChI is InChI=1S/C14H14N2O3/c1-4-19-14(18)13(15-3)9-11-5-7-12(8-6-11)16-10(2)17/h5-9H,4H2,1-2H3,(H,16,17). The van der Waals surface area contributed by atoms with Crippen LogP contribution in [0.3, 0.4) is 0 Å². The van der Waals surface area contributed by atoms with Gasteiger partial charge in [-0.25, -0.2) is 4.85 Å². The molecule has 0 saturated carbocycles. The fourth-order valence-electron chi connectivity index (χ4n) is 1.37. The Kier molecular flexibility index (Phi) is 5.30. The number of ether oxygens (including phenoxy) is 1. The van der Waals surface area contributed by atoms with E-state index in [4.69, 9.17) is 11.3 Å². The molecular weight excluding hydrogens is 244 g/mol. The van der Waals surface area contributed by atoms with E-state index < -0.39 is 5.97 Å². The van der Waals surface area contributed by atoms with Crippen molar-refractivity contribution < 1.29 is 14.3 Å². The molecule has 0 bridgehead atoms. The van der Waals surface area contributed by atoms with Crippen LogP contribution in [0.2, 0.25) is 0 Å². The predicted octanol–water partition coefficient (Wildman–Crippen LogP) is 2.47. The molecule has 5 heteroatoms. The number of amides is 1. The van der Waals surface area contributed by atoms with Gasteiger partial charge in [-0.2, -0.15) is 0 Å². The second kappa shape index (κ2) is 6.97. The molecule has 0 radical (unpaired) electrons. The Balaban J connectivity index is 2.88. The van der Waals surface area contributed by atoms with Crippen LogP contribution in [-0.2, 0) is 14.3 Å². The first kappa shape index (κ1) is 14.5. The summed E-state index contributed by atoms with van der Waals surface area (Å²) in [6.45, 7) is 10.3. The third-order valence-corrected chi connectivity index (χ3v) is 2.14. The summed E-state index contributed by atoms with van der Waals surface area (Å²) in [5.41, 5.74) is 1.27. The monoisotopic (exact) mass is 258 g/mol. The Labute approximate surface area is 111 Å². The summed E-state index contributed by atoms with van der Waals surface area (Å²) < 4.78 is 4.77. The lowest BCUT2D eigenvalue weighted by Crippen LogP contribution is -2.05. The topological polar surface area (TPSA) is 59.8 Å². The van der Waals surface area contributed by atoms with Gasteiger partial charge >= 0.3 is 5.97 Å². The van der Waals surface area contributed by atoms with Gasteiger partial charge in [0.2, 0.25) is 5.91 Å². The van der Waals surface area contributed by atoms with Crippen molar-refractivity contribution in [1.82, 2.24) is 0 Å². The molecule has 0 atom stereocenters. The van der Waals surface area contributed by atoms with E-state index in [1.54, 1.807) is 31.2 Å². The number of hydrogen-bond acceptors (Lipinski definition) is 3. The highest BCUT2D eigenvalue weighted by molar-refractivity contribution is 5.95. The van der Waals surface area contributed by atoms with E-state index in [9.17, 15) is 9.59 Å². The zero-order chi connectivity index (χ0) is 14.3. The minimum absolute atomic E-state index is 0.0749. The lowest BCUT2D eigenvalue weighted by Gasteiger charge is -2.03. The zero-order valence-corrected chi connectivity index (χ0v) is 10.8. The summed E-state index contributed by atoms with van der Waals surface area (Å²) in [5.74, 6) is -0.792. The molecule has 0 fully saturated rings. The second-order valence-electron chi connectivity index (χ2n) is 3.67. The predicted molar refractivity (Wildman–Crippen MR) is 72.0 cm³/mol. The Morgan fingerprint density at radius 3 is 2.47 bits per heavy atom. The molecule has 1 amide bonds. The first-order valence-corrected chi connectivity index (χ1v) is 5.70. The van der Waals surface area contributed by atoms with Crippen LogP contribution >= 0.6 is 0 Å². The maximum atomic E-state index is 11.4. The van der Waals surface area contributed by atoms with Crippen molar-refractivity contribution in [1.29, 1.82) is 0 Å². The van der Waals surface area contributed by atoms with Crippen molar-refractivity contribution in [3.05, 3.63) is 46.9 Å². The van der Waals surface area contributed by atoms with Crippen LogP contribution in [-0.4, -0.2) is 18.5 Å². The Hall–Kier alpha value is -2.61. The van der Waals surface area contributed by atoms with E-state index in [2.05, 4.69) is 10.2 Å². The molecule has 0 saturated heterocycles. The lowest BCUT2D eigenvalue weighted by atomic mass is 10.1. The Morgan fingerprint density at radius 1 is 1.37 bits per heavy atom. The van der Waals surface area contributed by atoms with Gasteiger partial charge in [-0.3, -0.25) is 9.59 Å². The van der Waals surface area contributed by atoms with E-state index in [0.29, 0.717) is 11.3 Å². The van der Waals surface area contributed by atoms with E-state index in [1.165, 1.54) is 13.0 Å². The minimum Gasteiger partial charge on any atom is -0.471 e. The number of carbonyl (C=O) groups is 2. The molecule has 98 valence electrons. The molecule has 0 heterocycles. The smallest absolute Gasteiger partial charge is 0.336 e. The molecule has 1 N–H and O–H groups in total. The summed E-state index contributed by atoms with van der Waals surface area (Å²) >= 11 is 0. The van der Waals surface area contributed by atoms with E-state index >= 15 is 0 Å². The van der Waals surface area contributed by atoms with Crippen LogP contribution in [0.4, 0.5) is 5.69 Å². The largest absolute Gasteiger partial charge is 0.471 e. The number of rotatable bonds is 4. The van der Waals surface area contributed by atoms with Crippen molar-refractivity contribution in [3.63, 3.8) is 0 Å². The second-order valence-corrected chi connectivity index (χ2v) is 3.67. The maximum absolute atomic E-state index is 11.4. The van der Waals surface area contributed by atoms with Gasteiger partial charge in [-0.15, -0.1) is 0 Å².